The smallest absolute Gasteiger partial charge is 1.00 e. The molecule has 24 valence electrons. The summed E-state index contributed by atoms with van der Waals surface area (Å²) in [7, 11) is 0. The number of hydrogen-bond donors (Lipinski definition) is 0. The average molecular weight is 138 g/mol. The van der Waals surface area contributed by atoms with Gasteiger partial charge in [0, 0.05) is 4.31 Å². The Balaban J connectivity index is -0.00000000667. The molecule has 0 saturated carbocycles. The summed E-state index contributed by atoms with van der Waals surface area (Å²) in [4.78, 5) is 0. The molecule has 0 amide bonds. The summed E-state index contributed by atoms with van der Waals surface area (Å²) in [5, 5.41) is 0. The third kappa shape index (κ3) is 34.9. The van der Waals surface area contributed by atoms with Gasteiger partial charge in [-0.05, 0) is 24.4 Å². The molecule has 0 atom stereocenters. The van der Waals surface area contributed by atoms with Crippen LogP contribution in [0.4, 0.5) is 0 Å². The second-order valence-corrected chi connectivity index (χ2v) is 0.750. The molecule has 0 bridgehead atoms. The fourth-order valence-electron chi connectivity index (χ4n) is 0. The van der Waals surface area contributed by atoms with Crippen molar-refractivity contribution in [1.82, 2.24) is 0 Å². The van der Waals surface area contributed by atoms with E-state index < -0.39 is 0 Å². The Labute approximate surface area is 91.8 Å². The summed E-state index contributed by atoms with van der Waals surface area (Å²) >= 11 is 7.92. The van der Waals surface area contributed by atoms with Crippen LogP contribution in [-0.4, -0.2) is 4.31 Å². The van der Waals surface area contributed by atoms with E-state index in [1.807, 2.05) is 4.31 Å². The van der Waals surface area contributed by atoms with Crippen LogP contribution in [0.2, 0.25) is 0 Å². The minimum absolute atomic E-state index is 0. The van der Waals surface area contributed by atoms with E-state index in [0.29, 0.717) is 0 Å². The van der Waals surface area contributed by atoms with Crippen molar-refractivity contribution in [3.8, 4) is 0 Å². The monoisotopic (exact) mass is 138 g/mol. The molecule has 0 unspecified atom stereocenters. The molecule has 0 fully saturated rings. The Morgan fingerprint density at radius 3 is 1.00 bits per heavy atom. The molecular weight excluding hydrogens is 138 g/mol. The maximum Gasteiger partial charge on any atom is 1.00 e. The first-order chi connectivity index (χ1) is 1.41. The van der Waals surface area contributed by atoms with Crippen LogP contribution in [0.1, 0.15) is 0 Å². The van der Waals surface area contributed by atoms with Crippen molar-refractivity contribution in [2.45, 2.75) is 0 Å². The molecule has 0 aliphatic carbocycles. The van der Waals surface area contributed by atoms with Crippen molar-refractivity contribution in [2.75, 3.05) is 0 Å². The third-order valence-electron chi connectivity index (χ3n) is 0. The molecule has 0 N–H and O–H groups in total. The normalized spacial score (nSPS) is 1.33. The first-order valence-electron chi connectivity index (χ1n) is 0.408. The molecule has 0 radical (unpaired) electrons. The molecule has 6 heavy (non-hydrogen) atoms. The molecule has 0 aliphatic heterocycles. The summed E-state index contributed by atoms with van der Waals surface area (Å²) in [5.74, 6) is 0. The van der Waals surface area contributed by atoms with E-state index in [9.17, 15) is 0 Å². The van der Waals surface area contributed by atoms with Crippen molar-refractivity contribution >= 4 is 28.7 Å². The number of hydrogen-bond acceptors (Lipinski definition) is 2. The summed E-state index contributed by atoms with van der Waals surface area (Å²) in [6, 6.07) is 0. The minimum Gasteiger partial charge on any atom is -2.00 e. The topological polar surface area (TPSA) is 28.5 Å². The Morgan fingerprint density at radius 1 is 1.00 bits per heavy atom. The molecular formula is CNa2OS2. The predicted octanol–water partition coefficient (Wildman–Crippen LogP) is -5.09. The van der Waals surface area contributed by atoms with Crippen molar-refractivity contribution in [1.29, 1.82) is 0 Å². The first-order valence-corrected chi connectivity index (χ1v) is 1.22. The van der Waals surface area contributed by atoms with Crippen molar-refractivity contribution in [3.63, 3.8) is 0 Å². The molecule has 0 spiro atoms. The number of rotatable bonds is 0. The van der Waals surface area contributed by atoms with Crippen molar-refractivity contribution < 1.29 is 64.6 Å². The van der Waals surface area contributed by atoms with E-state index in [4.69, 9.17) is 0 Å². The molecule has 1 nitrogen and oxygen atoms in total. The van der Waals surface area contributed by atoms with E-state index in [2.05, 4.69) is 24.4 Å². The molecule has 0 aromatic heterocycles. The Bertz CT molecular complexity index is 32.5. The minimum atomic E-state index is 0. The van der Waals surface area contributed by atoms with Crippen LogP contribution in [-0.2, 0) is 5.48 Å². The molecule has 0 aliphatic rings. The average Bonchev–Trinajstić information content (AvgIpc) is 0.918. The van der Waals surface area contributed by atoms with Gasteiger partial charge in [-0.25, -0.2) is 0 Å². The fourth-order valence-corrected chi connectivity index (χ4v) is 0. The van der Waals surface area contributed by atoms with Crippen molar-refractivity contribution in [2.24, 2.45) is 0 Å². The predicted molar refractivity (Wildman–Crippen MR) is 20.9 cm³/mol. The second-order valence-electron chi connectivity index (χ2n) is 0.0833. The van der Waals surface area contributed by atoms with Gasteiger partial charge in [-0.15, -0.1) is 0 Å². The van der Waals surface area contributed by atoms with Crippen LogP contribution in [0, 0.1) is 0 Å². The van der Waals surface area contributed by atoms with E-state index in [1.165, 1.54) is 0 Å². The van der Waals surface area contributed by atoms with E-state index >= 15 is 0 Å². The molecule has 0 aromatic rings. The first kappa shape index (κ1) is 24.1. The van der Waals surface area contributed by atoms with Crippen LogP contribution in [0.5, 0.6) is 0 Å². The zero-order valence-electron chi connectivity index (χ0n) is 3.72. The largest absolute Gasteiger partial charge is 2.00 e. The van der Waals surface area contributed by atoms with Crippen LogP contribution >= 0.6 is 24.4 Å². The standard InChI is InChI=1S/CS2.2Na.O/c2-1-3;;;/q;2*+1;-2. The van der Waals surface area contributed by atoms with Crippen LogP contribution < -0.4 is 59.1 Å². The Morgan fingerprint density at radius 2 is 1.00 bits per heavy atom. The van der Waals surface area contributed by atoms with Crippen LogP contribution in [0.15, 0.2) is 0 Å². The number of thiocarbonyl (C=S) groups is 2. The Hall–Kier alpha value is 2.18. The summed E-state index contributed by atoms with van der Waals surface area (Å²) in [6.45, 7) is 0. The zero-order chi connectivity index (χ0) is 2.71. The van der Waals surface area contributed by atoms with Gasteiger partial charge >= 0.3 is 59.1 Å². The maximum absolute atomic E-state index is 3.96. The molecule has 0 aromatic carbocycles. The van der Waals surface area contributed by atoms with Gasteiger partial charge in [0.2, 0.25) is 0 Å². The van der Waals surface area contributed by atoms with Crippen LogP contribution in [0.25, 0.3) is 0 Å². The molecule has 0 rings (SSSR count). The maximum atomic E-state index is 3.96. The summed E-state index contributed by atoms with van der Waals surface area (Å²) in [5.41, 5.74) is 0. The van der Waals surface area contributed by atoms with Gasteiger partial charge in [0.05, 0.1) is 0 Å². The third-order valence-corrected chi connectivity index (χ3v) is 0. The van der Waals surface area contributed by atoms with E-state index in [1.54, 1.807) is 0 Å². The van der Waals surface area contributed by atoms with Gasteiger partial charge in [-0.1, -0.05) is 0 Å². The second kappa shape index (κ2) is 27.1. The zero-order valence-corrected chi connectivity index (χ0v) is 9.36. The quantitative estimate of drug-likeness (QED) is 0.247. The summed E-state index contributed by atoms with van der Waals surface area (Å²) in [6.07, 6.45) is 0. The van der Waals surface area contributed by atoms with Crippen molar-refractivity contribution in [3.05, 3.63) is 0 Å². The van der Waals surface area contributed by atoms with Gasteiger partial charge in [0.25, 0.3) is 0 Å². The molecule has 0 saturated heterocycles. The Kier molecular flexibility index (Phi) is 109. The SMILES string of the molecule is S=C=S.[Na+].[Na+].[O-2]. The van der Waals surface area contributed by atoms with Crippen LogP contribution in [0.3, 0.4) is 0 Å². The van der Waals surface area contributed by atoms with Gasteiger partial charge in [0.15, 0.2) is 0 Å². The van der Waals surface area contributed by atoms with Gasteiger partial charge in [0.1, 0.15) is 0 Å². The van der Waals surface area contributed by atoms with E-state index in [0.717, 1.165) is 0 Å². The molecule has 5 heteroatoms. The fraction of sp³-hybridized carbons (Fsp3) is 0. The van der Waals surface area contributed by atoms with E-state index in [-0.39, 0.29) is 64.6 Å². The van der Waals surface area contributed by atoms with Gasteiger partial charge in [-0.3, -0.25) is 0 Å². The summed E-state index contributed by atoms with van der Waals surface area (Å²) < 4.78 is 1.92. The van der Waals surface area contributed by atoms with Gasteiger partial charge in [-0.2, -0.15) is 0 Å². The van der Waals surface area contributed by atoms with Gasteiger partial charge < -0.3 is 5.48 Å². The molecule has 0 heterocycles.